The van der Waals surface area contributed by atoms with Crippen LogP contribution >= 0.6 is 0 Å². The van der Waals surface area contributed by atoms with Gasteiger partial charge in [0.2, 0.25) is 5.91 Å². The average Bonchev–Trinajstić information content (AvgIpc) is 2.74. The van der Waals surface area contributed by atoms with Crippen LogP contribution < -0.4 is 5.73 Å². The Morgan fingerprint density at radius 2 is 2.24 bits per heavy atom. The third-order valence-corrected chi connectivity index (χ3v) is 3.48. The fourth-order valence-corrected chi connectivity index (χ4v) is 2.69. The molecular weight excluding hydrogens is 224 g/mol. The highest BCUT2D eigenvalue weighted by atomic mass is 16.5. The second-order valence-corrected chi connectivity index (χ2v) is 4.64. The van der Waals surface area contributed by atoms with Crippen LogP contribution in [0, 0.1) is 0 Å². The van der Waals surface area contributed by atoms with Gasteiger partial charge in [0.1, 0.15) is 0 Å². The highest BCUT2D eigenvalue weighted by molar-refractivity contribution is 5.86. The van der Waals surface area contributed by atoms with Crippen LogP contribution in [0.3, 0.4) is 0 Å². The molecule has 6 heteroatoms. The molecule has 1 aliphatic heterocycles. The Kier molecular flexibility index (Phi) is 3.63. The lowest BCUT2D eigenvalue weighted by molar-refractivity contribution is -0.149. The maximum atomic E-state index is 12.1. The zero-order chi connectivity index (χ0) is 12.4. The molecule has 0 aromatic carbocycles. The molecule has 2 rings (SSSR count). The molecule has 2 fully saturated rings. The first kappa shape index (κ1) is 12.3. The monoisotopic (exact) mass is 242 g/mol. The lowest BCUT2D eigenvalue weighted by atomic mass is 10.1. The van der Waals surface area contributed by atoms with Gasteiger partial charge in [-0.2, -0.15) is 0 Å². The molecule has 0 aromatic rings. The van der Waals surface area contributed by atoms with Gasteiger partial charge in [0.25, 0.3) is 0 Å². The Bertz CT molecular complexity index is 321. The summed E-state index contributed by atoms with van der Waals surface area (Å²) >= 11 is 0. The van der Waals surface area contributed by atoms with Crippen LogP contribution in [-0.4, -0.2) is 53.2 Å². The molecule has 0 aromatic heterocycles. The first-order chi connectivity index (χ1) is 8.09. The summed E-state index contributed by atoms with van der Waals surface area (Å²) in [4.78, 5) is 24.3. The van der Waals surface area contributed by atoms with Crippen molar-refractivity contribution >= 4 is 11.9 Å². The van der Waals surface area contributed by atoms with Gasteiger partial charge in [0.15, 0.2) is 0 Å². The molecule has 0 spiro atoms. The Morgan fingerprint density at radius 1 is 1.47 bits per heavy atom. The van der Waals surface area contributed by atoms with Gasteiger partial charge in [-0.05, 0) is 19.3 Å². The van der Waals surface area contributed by atoms with Crippen LogP contribution in [0.15, 0.2) is 0 Å². The predicted octanol–water partition coefficient (Wildman–Crippen LogP) is -0.432. The number of hydrogen-bond acceptors (Lipinski definition) is 4. The molecule has 0 radical (unpaired) electrons. The van der Waals surface area contributed by atoms with Gasteiger partial charge < -0.3 is 20.5 Å². The fraction of sp³-hybridized carbons (Fsp3) is 0.818. The van der Waals surface area contributed by atoms with Gasteiger partial charge in [-0.15, -0.1) is 0 Å². The molecule has 0 bridgehead atoms. The van der Waals surface area contributed by atoms with Crippen molar-refractivity contribution in [3.8, 4) is 0 Å². The topological polar surface area (TPSA) is 92.9 Å². The molecule has 17 heavy (non-hydrogen) atoms. The lowest BCUT2D eigenvalue weighted by Gasteiger charge is -2.38. The third-order valence-electron chi connectivity index (χ3n) is 3.48. The van der Waals surface area contributed by atoms with Crippen LogP contribution in [0.2, 0.25) is 0 Å². The summed E-state index contributed by atoms with van der Waals surface area (Å²) in [5, 5.41) is 8.64. The van der Waals surface area contributed by atoms with Crippen molar-refractivity contribution < 1.29 is 19.4 Å². The molecule has 1 saturated carbocycles. The molecule has 3 N–H and O–H groups in total. The average molecular weight is 242 g/mol. The van der Waals surface area contributed by atoms with Crippen LogP contribution in [0.25, 0.3) is 0 Å². The Hall–Kier alpha value is -1.14. The van der Waals surface area contributed by atoms with Crippen molar-refractivity contribution in [3.63, 3.8) is 0 Å². The van der Waals surface area contributed by atoms with E-state index in [9.17, 15) is 9.59 Å². The number of hydrogen-bond donors (Lipinski definition) is 2. The van der Waals surface area contributed by atoms with E-state index < -0.39 is 12.0 Å². The van der Waals surface area contributed by atoms with Gasteiger partial charge in [0.05, 0.1) is 31.2 Å². The molecule has 1 heterocycles. The summed E-state index contributed by atoms with van der Waals surface area (Å²) in [5.74, 6) is -1.30. The molecule has 3 atom stereocenters. The number of ether oxygens (including phenoxy) is 1. The number of carboxylic acids is 1. The van der Waals surface area contributed by atoms with Crippen molar-refractivity contribution in [1.29, 1.82) is 0 Å². The summed E-state index contributed by atoms with van der Waals surface area (Å²) in [5.41, 5.74) is 5.62. The number of fused-ring (bicyclic) bond motifs is 1. The number of morpholine rings is 1. The lowest BCUT2D eigenvalue weighted by Crippen LogP contribution is -2.56. The Morgan fingerprint density at radius 3 is 2.94 bits per heavy atom. The molecule has 2 aliphatic rings. The summed E-state index contributed by atoms with van der Waals surface area (Å²) in [6.45, 7) is 1.04. The summed E-state index contributed by atoms with van der Waals surface area (Å²) in [6.07, 6.45) is 2.75. The second-order valence-electron chi connectivity index (χ2n) is 4.64. The van der Waals surface area contributed by atoms with Gasteiger partial charge >= 0.3 is 5.97 Å². The minimum atomic E-state index is -1.04. The number of amides is 1. The zero-order valence-electron chi connectivity index (χ0n) is 9.67. The molecule has 1 aliphatic carbocycles. The van der Waals surface area contributed by atoms with Gasteiger partial charge in [-0.25, -0.2) is 0 Å². The smallest absolute Gasteiger partial charge is 0.305 e. The van der Waals surface area contributed by atoms with Gasteiger partial charge in [-0.1, -0.05) is 0 Å². The van der Waals surface area contributed by atoms with Crippen molar-refractivity contribution in [1.82, 2.24) is 4.90 Å². The van der Waals surface area contributed by atoms with Crippen molar-refractivity contribution in [2.24, 2.45) is 5.73 Å². The van der Waals surface area contributed by atoms with Crippen LogP contribution in [0.4, 0.5) is 0 Å². The van der Waals surface area contributed by atoms with Crippen LogP contribution in [0.5, 0.6) is 0 Å². The quantitative estimate of drug-likeness (QED) is 0.700. The first-order valence-electron chi connectivity index (χ1n) is 5.99. The van der Waals surface area contributed by atoms with E-state index in [1.807, 2.05) is 0 Å². The first-order valence-corrected chi connectivity index (χ1v) is 5.99. The number of carbonyl (C=O) groups is 2. The van der Waals surface area contributed by atoms with Gasteiger partial charge in [-0.3, -0.25) is 9.59 Å². The number of carbonyl (C=O) groups excluding carboxylic acids is 1. The molecule has 3 unspecified atom stereocenters. The minimum Gasteiger partial charge on any atom is -0.481 e. The number of carboxylic acid groups (broad SMARTS) is 1. The number of nitrogens with zero attached hydrogens (tertiary/aromatic N) is 1. The van der Waals surface area contributed by atoms with E-state index in [2.05, 4.69) is 0 Å². The normalized spacial score (nSPS) is 29.8. The maximum absolute atomic E-state index is 12.1. The summed E-state index contributed by atoms with van der Waals surface area (Å²) in [6, 6.07) is -0.844. The standard InChI is InChI=1S/C11H18N2O4/c12-7(6-10(14)15)11(16)13-4-5-17-9-3-1-2-8(9)13/h7-9H,1-6,12H2,(H,14,15). The second kappa shape index (κ2) is 5.01. The van der Waals surface area contributed by atoms with E-state index in [4.69, 9.17) is 15.6 Å². The molecule has 1 saturated heterocycles. The zero-order valence-corrected chi connectivity index (χ0v) is 9.67. The van der Waals surface area contributed by atoms with E-state index in [1.54, 1.807) is 4.90 Å². The molecule has 6 nitrogen and oxygen atoms in total. The van der Waals surface area contributed by atoms with E-state index in [1.165, 1.54) is 0 Å². The summed E-state index contributed by atoms with van der Waals surface area (Å²) < 4.78 is 5.59. The van der Waals surface area contributed by atoms with E-state index in [0.29, 0.717) is 13.2 Å². The Balaban J connectivity index is 2.00. The molecular formula is C11H18N2O4. The fourth-order valence-electron chi connectivity index (χ4n) is 2.69. The van der Waals surface area contributed by atoms with E-state index >= 15 is 0 Å². The number of aliphatic carboxylic acids is 1. The Labute approximate surface area is 99.7 Å². The minimum absolute atomic E-state index is 0.0936. The van der Waals surface area contributed by atoms with Crippen LogP contribution in [-0.2, 0) is 14.3 Å². The van der Waals surface area contributed by atoms with Crippen LogP contribution in [0.1, 0.15) is 25.7 Å². The molecule has 1 amide bonds. The van der Waals surface area contributed by atoms with E-state index in [-0.39, 0.29) is 24.5 Å². The largest absolute Gasteiger partial charge is 0.481 e. The highest BCUT2D eigenvalue weighted by Crippen LogP contribution is 2.29. The SMILES string of the molecule is NC(CC(=O)O)C(=O)N1CCOC2CCCC21. The van der Waals surface area contributed by atoms with E-state index in [0.717, 1.165) is 19.3 Å². The third kappa shape index (κ3) is 2.58. The van der Waals surface area contributed by atoms with Gasteiger partial charge in [0, 0.05) is 6.54 Å². The predicted molar refractivity (Wildman–Crippen MR) is 59.3 cm³/mol. The highest BCUT2D eigenvalue weighted by Gasteiger charge is 2.39. The van der Waals surface area contributed by atoms with Crippen molar-refractivity contribution in [3.05, 3.63) is 0 Å². The number of nitrogens with two attached hydrogens (primary N) is 1. The number of rotatable bonds is 3. The molecule has 96 valence electrons. The van der Waals surface area contributed by atoms with Crippen molar-refractivity contribution in [2.75, 3.05) is 13.2 Å². The maximum Gasteiger partial charge on any atom is 0.305 e. The summed E-state index contributed by atoms with van der Waals surface area (Å²) in [7, 11) is 0. The van der Waals surface area contributed by atoms with Crippen molar-refractivity contribution in [2.45, 2.75) is 43.9 Å².